The molecule has 0 spiro atoms. The highest BCUT2D eigenvalue weighted by Gasteiger charge is 2.10. The smallest absolute Gasteiger partial charge is 0.345 e. The summed E-state index contributed by atoms with van der Waals surface area (Å²) in [4.78, 5) is 18.9. The van der Waals surface area contributed by atoms with Crippen molar-refractivity contribution in [2.24, 2.45) is 4.99 Å². The molecule has 0 radical (unpaired) electrons. The Hall–Kier alpha value is -1.98. The molecule has 0 bridgehead atoms. The van der Waals surface area contributed by atoms with Gasteiger partial charge in [0.25, 0.3) is 0 Å². The van der Waals surface area contributed by atoms with Crippen LogP contribution < -0.4 is 5.63 Å². The molecular weight excluding hydrogens is 280 g/mol. The number of morpholine rings is 1. The predicted octanol–water partition coefficient (Wildman–Crippen LogP) is 1.93. The largest absolute Gasteiger partial charge is 0.422 e. The quantitative estimate of drug-likeness (QED) is 0.639. The Morgan fingerprint density at radius 1 is 1.27 bits per heavy atom. The van der Waals surface area contributed by atoms with Crippen molar-refractivity contribution < 1.29 is 9.15 Å². The first kappa shape index (κ1) is 14.9. The molecule has 3 rings (SSSR count). The van der Waals surface area contributed by atoms with Crippen LogP contribution in [-0.4, -0.2) is 50.0 Å². The van der Waals surface area contributed by atoms with Gasteiger partial charge in [-0.1, -0.05) is 18.2 Å². The van der Waals surface area contributed by atoms with Gasteiger partial charge >= 0.3 is 5.63 Å². The van der Waals surface area contributed by atoms with Gasteiger partial charge in [-0.15, -0.1) is 0 Å². The minimum Gasteiger partial charge on any atom is -0.422 e. The standard InChI is InChI=1S/C17H20N2O3/c1-13(18-6-7-19-8-10-21-11-9-19)15-12-14-4-2-3-5-16(14)22-17(15)20/h2-5,12H,6-11H2,1H3. The number of nitrogens with zero attached hydrogens (tertiary/aromatic N) is 2. The van der Waals surface area contributed by atoms with Crippen LogP contribution in [0.4, 0.5) is 0 Å². The average Bonchev–Trinajstić information content (AvgIpc) is 2.55. The van der Waals surface area contributed by atoms with E-state index in [0.717, 1.165) is 43.9 Å². The van der Waals surface area contributed by atoms with Crippen molar-refractivity contribution in [2.45, 2.75) is 6.92 Å². The van der Waals surface area contributed by atoms with Crippen molar-refractivity contribution >= 4 is 16.7 Å². The zero-order valence-corrected chi connectivity index (χ0v) is 12.7. The van der Waals surface area contributed by atoms with Crippen LogP contribution in [0.25, 0.3) is 11.0 Å². The van der Waals surface area contributed by atoms with E-state index in [1.807, 2.05) is 31.2 Å². The second-order valence-corrected chi connectivity index (χ2v) is 5.41. The van der Waals surface area contributed by atoms with Gasteiger partial charge in [0, 0.05) is 30.7 Å². The third kappa shape index (κ3) is 3.43. The second-order valence-electron chi connectivity index (χ2n) is 5.41. The SMILES string of the molecule is CC(=NCCN1CCOCC1)c1cc2ccccc2oc1=O. The Morgan fingerprint density at radius 3 is 2.86 bits per heavy atom. The van der Waals surface area contributed by atoms with Crippen molar-refractivity contribution in [3.63, 3.8) is 0 Å². The Morgan fingerprint density at radius 2 is 2.05 bits per heavy atom. The summed E-state index contributed by atoms with van der Waals surface area (Å²) in [5, 5.41) is 0.917. The number of hydrogen-bond acceptors (Lipinski definition) is 5. The summed E-state index contributed by atoms with van der Waals surface area (Å²) in [6.07, 6.45) is 0. The summed E-state index contributed by atoms with van der Waals surface area (Å²) in [5.74, 6) is 0. The van der Waals surface area contributed by atoms with E-state index in [1.54, 1.807) is 6.07 Å². The molecule has 1 aliphatic heterocycles. The van der Waals surface area contributed by atoms with E-state index >= 15 is 0 Å². The monoisotopic (exact) mass is 300 g/mol. The number of fused-ring (bicyclic) bond motifs is 1. The van der Waals surface area contributed by atoms with Crippen LogP contribution in [0.15, 0.2) is 44.5 Å². The molecule has 1 saturated heterocycles. The van der Waals surface area contributed by atoms with Crippen molar-refractivity contribution in [2.75, 3.05) is 39.4 Å². The third-order valence-corrected chi connectivity index (χ3v) is 3.90. The van der Waals surface area contributed by atoms with Crippen LogP contribution in [0.5, 0.6) is 0 Å². The summed E-state index contributed by atoms with van der Waals surface area (Å²) in [6.45, 7) is 6.91. The molecular formula is C17H20N2O3. The molecule has 2 aromatic rings. The third-order valence-electron chi connectivity index (χ3n) is 3.90. The Labute approximate surface area is 129 Å². The fourth-order valence-electron chi connectivity index (χ4n) is 2.58. The first-order chi connectivity index (χ1) is 10.7. The summed E-state index contributed by atoms with van der Waals surface area (Å²) >= 11 is 0. The minimum absolute atomic E-state index is 0.327. The summed E-state index contributed by atoms with van der Waals surface area (Å²) in [7, 11) is 0. The first-order valence-electron chi connectivity index (χ1n) is 7.58. The zero-order valence-electron chi connectivity index (χ0n) is 12.7. The minimum atomic E-state index is -0.327. The lowest BCUT2D eigenvalue weighted by molar-refractivity contribution is 0.0394. The number of hydrogen-bond donors (Lipinski definition) is 0. The van der Waals surface area contributed by atoms with Gasteiger partial charge in [-0.3, -0.25) is 9.89 Å². The van der Waals surface area contributed by atoms with E-state index in [9.17, 15) is 4.79 Å². The number of rotatable bonds is 4. The molecule has 2 heterocycles. The molecule has 0 N–H and O–H groups in total. The first-order valence-corrected chi connectivity index (χ1v) is 7.58. The van der Waals surface area contributed by atoms with E-state index in [2.05, 4.69) is 9.89 Å². The van der Waals surface area contributed by atoms with Crippen molar-refractivity contribution in [1.82, 2.24) is 4.90 Å². The van der Waals surface area contributed by atoms with Crippen LogP contribution in [0, 0.1) is 0 Å². The fourth-order valence-corrected chi connectivity index (χ4v) is 2.58. The van der Waals surface area contributed by atoms with Crippen LogP contribution in [-0.2, 0) is 4.74 Å². The molecule has 0 unspecified atom stereocenters. The zero-order chi connectivity index (χ0) is 15.4. The molecule has 0 amide bonds. The number of aliphatic imine (C=N–C) groups is 1. The average molecular weight is 300 g/mol. The van der Waals surface area contributed by atoms with Gasteiger partial charge in [-0.2, -0.15) is 0 Å². The maximum atomic E-state index is 12.1. The summed E-state index contributed by atoms with van der Waals surface area (Å²) < 4.78 is 10.7. The van der Waals surface area contributed by atoms with E-state index in [1.165, 1.54) is 0 Å². The van der Waals surface area contributed by atoms with E-state index in [4.69, 9.17) is 9.15 Å². The van der Waals surface area contributed by atoms with Gasteiger partial charge in [0.1, 0.15) is 5.58 Å². The van der Waals surface area contributed by atoms with Crippen LogP contribution >= 0.6 is 0 Å². The summed E-state index contributed by atoms with van der Waals surface area (Å²) in [5.41, 5.74) is 1.55. The normalized spacial score (nSPS) is 17.0. The molecule has 0 saturated carbocycles. The Balaban J connectivity index is 1.73. The predicted molar refractivity (Wildman–Crippen MR) is 86.8 cm³/mol. The van der Waals surface area contributed by atoms with Gasteiger partial charge in [0.15, 0.2) is 0 Å². The highest BCUT2D eigenvalue weighted by atomic mass is 16.5. The number of benzene rings is 1. The Kier molecular flexibility index (Phi) is 4.65. The van der Waals surface area contributed by atoms with Gasteiger partial charge in [-0.25, -0.2) is 4.79 Å². The summed E-state index contributed by atoms with van der Waals surface area (Å²) in [6, 6.07) is 9.37. The second kappa shape index (κ2) is 6.85. The molecule has 1 aliphatic rings. The Bertz CT molecular complexity index is 730. The van der Waals surface area contributed by atoms with Crippen LogP contribution in [0.1, 0.15) is 12.5 Å². The lowest BCUT2D eigenvalue weighted by Crippen LogP contribution is -2.37. The highest BCUT2D eigenvalue weighted by Crippen LogP contribution is 2.13. The molecule has 1 aromatic heterocycles. The maximum Gasteiger partial charge on any atom is 0.345 e. The lowest BCUT2D eigenvalue weighted by Gasteiger charge is -2.25. The maximum absolute atomic E-state index is 12.1. The fraction of sp³-hybridized carbons (Fsp3) is 0.412. The van der Waals surface area contributed by atoms with E-state index < -0.39 is 0 Å². The topological polar surface area (TPSA) is 55.0 Å². The molecule has 0 atom stereocenters. The molecule has 0 aliphatic carbocycles. The molecule has 116 valence electrons. The van der Waals surface area contributed by atoms with Gasteiger partial charge < -0.3 is 9.15 Å². The molecule has 1 fully saturated rings. The number of para-hydroxylation sites is 1. The molecule has 1 aromatic carbocycles. The van der Waals surface area contributed by atoms with Crippen LogP contribution in [0.2, 0.25) is 0 Å². The van der Waals surface area contributed by atoms with Gasteiger partial charge in [-0.05, 0) is 19.1 Å². The molecule has 22 heavy (non-hydrogen) atoms. The van der Waals surface area contributed by atoms with Crippen molar-refractivity contribution in [1.29, 1.82) is 0 Å². The number of ether oxygens (including phenoxy) is 1. The van der Waals surface area contributed by atoms with E-state index in [0.29, 0.717) is 17.7 Å². The van der Waals surface area contributed by atoms with Crippen molar-refractivity contribution in [3.8, 4) is 0 Å². The van der Waals surface area contributed by atoms with Crippen LogP contribution in [0.3, 0.4) is 0 Å². The molecule has 5 heteroatoms. The molecule has 5 nitrogen and oxygen atoms in total. The van der Waals surface area contributed by atoms with Gasteiger partial charge in [0.05, 0.1) is 25.3 Å². The highest BCUT2D eigenvalue weighted by molar-refractivity contribution is 6.00. The van der Waals surface area contributed by atoms with E-state index in [-0.39, 0.29) is 5.63 Å². The lowest BCUT2D eigenvalue weighted by atomic mass is 10.1. The van der Waals surface area contributed by atoms with Crippen molar-refractivity contribution in [3.05, 3.63) is 46.3 Å². The van der Waals surface area contributed by atoms with Gasteiger partial charge in [0.2, 0.25) is 0 Å².